The van der Waals surface area contributed by atoms with Crippen molar-refractivity contribution in [3.05, 3.63) is 36.4 Å². The smallest absolute Gasteiger partial charge is 0.293 e. The number of methoxy groups -OCH3 is 1. The molecule has 0 radical (unpaired) electrons. The standard InChI is InChI=1S/C13H13NO5S/c1-19-10-5-2-4-9(8-10)14-13(16)12(15)11-6-3-7-20(11,17)18/h2-6,8,11H,7H2,1H3,(H,14,16)/t11-/m1/s1. The number of hydrogen-bond acceptors (Lipinski definition) is 5. The lowest BCUT2D eigenvalue weighted by atomic mass is 10.2. The molecule has 106 valence electrons. The summed E-state index contributed by atoms with van der Waals surface area (Å²) < 4.78 is 28.1. The fourth-order valence-corrected chi connectivity index (χ4v) is 3.18. The van der Waals surface area contributed by atoms with Crippen LogP contribution in [0, 0.1) is 0 Å². The van der Waals surface area contributed by atoms with E-state index in [-0.39, 0.29) is 5.75 Å². The Kier molecular flexibility index (Phi) is 3.89. The third-order valence-electron chi connectivity index (χ3n) is 2.84. The zero-order valence-electron chi connectivity index (χ0n) is 10.7. The number of ketones is 1. The number of sulfone groups is 1. The molecule has 1 aromatic rings. The molecular formula is C13H13NO5S. The second kappa shape index (κ2) is 5.46. The second-order valence-corrected chi connectivity index (χ2v) is 6.40. The highest BCUT2D eigenvalue weighted by atomic mass is 32.2. The van der Waals surface area contributed by atoms with Crippen molar-refractivity contribution in [1.29, 1.82) is 0 Å². The number of anilines is 1. The molecule has 0 saturated carbocycles. The molecule has 6 nitrogen and oxygen atoms in total. The summed E-state index contributed by atoms with van der Waals surface area (Å²) in [6.07, 6.45) is 2.61. The van der Waals surface area contributed by atoms with Gasteiger partial charge in [0.25, 0.3) is 5.91 Å². The van der Waals surface area contributed by atoms with Gasteiger partial charge in [-0.1, -0.05) is 18.2 Å². The quantitative estimate of drug-likeness (QED) is 0.647. The summed E-state index contributed by atoms with van der Waals surface area (Å²) in [5.41, 5.74) is 0.363. The van der Waals surface area contributed by atoms with E-state index in [1.807, 2.05) is 0 Å². The lowest BCUT2D eigenvalue weighted by Gasteiger charge is -2.09. The molecule has 1 amide bonds. The lowest BCUT2D eigenvalue weighted by molar-refractivity contribution is -0.134. The van der Waals surface area contributed by atoms with E-state index in [2.05, 4.69) is 5.32 Å². The van der Waals surface area contributed by atoms with Crippen molar-refractivity contribution in [2.45, 2.75) is 5.25 Å². The number of benzene rings is 1. The molecule has 20 heavy (non-hydrogen) atoms. The van der Waals surface area contributed by atoms with Gasteiger partial charge in [-0.2, -0.15) is 0 Å². The Labute approximate surface area is 116 Å². The predicted octanol–water partition coefficient (Wildman–Crippen LogP) is 0.556. The van der Waals surface area contributed by atoms with Gasteiger partial charge < -0.3 is 10.1 Å². The Hall–Kier alpha value is -2.15. The SMILES string of the molecule is COc1cccc(NC(=O)C(=O)[C@H]2C=CCS2(=O)=O)c1. The number of carbonyl (C=O) groups excluding carboxylic acids is 2. The highest BCUT2D eigenvalue weighted by Crippen LogP contribution is 2.18. The maximum absolute atomic E-state index is 11.8. The average molecular weight is 295 g/mol. The van der Waals surface area contributed by atoms with Crippen LogP contribution in [-0.4, -0.2) is 38.2 Å². The number of carbonyl (C=O) groups is 2. The molecule has 2 rings (SSSR count). The lowest BCUT2D eigenvalue weighted by Crippen LogP contribution is -2.36. The van der Waals surface area contributed by atoms with Crippen molar-refractivity contribution in [3.8, 4) is 5.75 Å². The zero-order chi connectivity index (χ0) is 14.8. The van der Waals surface area contributed by atoms with E-state index >= 15 is 0 Å². The van der Waals surface area contributed by atoms with E-state index in [1.165, 1.54) is 25.3 Å². The molecule has 1 aliphatic heterocycles. The predicted molar refractivity (Wildman–Crippen MR) is 73.3 cm³/mol. The maximum Gasteiger partial charge on any atom is 0.293 e. The van der Waals surface area contributed by atoms with Crippen molar-refractivity contribution < 1.29 is 22.7 Å². The van der Waals surface area contributed by atoms with Crippen molar-refractivity contribution in [3.63, 3.8) is 0 Å². The number of nitrogens with one attached hydrogen (secondary N) is 1. The van der Waals surface area contributed by atoms with Crippen LogP contribution < -0.4 is 10.1 Å². The summed E-state index contributed by atoms with van der Waals surface area (Å²) >= 11 is 0. The number of rotatable bonds is 4. The fraction of sp³-hybridized carbons (Fsp3) is 0.231. The molecule has 0 aromatic heterocycles. The van der Waals surface area contributed by atoms with Crippen LogP contribution in [0.1, 0.15) is 0 Å². The number of Topliss-reactive ketones (excluding diaryl/α,β-unsaturated/α-hetero) is 1. The van der Waals surface area contributed by atoms with Crippen LogP contribution >= 0.6 is 0 Å². The molecule has 0 unspecified atom stereocenters. The Morgan fingerprint density at radius 3 is 2.70 bits per heavy atom. The average Bonchev–Trinajstić information content (AvgIpc) is 2.77. The van der Waals surface area contributed by atoms with Crippen LogP contribution in [0.2, 0.25) is 0 Å². The summed E-state index contributed by atoms with van der Waals surface area (Å²) in [4.78, 5) is 23.6. The molecule has 0 fully saturated rings. The second-order valence-electron chi connectivity index (χ2n) is 4.23. The summed E-state index contributed by atoms with van der Waals surface area (Å²) in [5, 5.41) is 0.983. The minimum atomic E-state index is -3.58. The van der Waals surface area contributed by atoms with E-state index in [0.717, 1.165) is 0 Å². The molecule has 7 heteroatoms. The summed E-state index contributed by atoms with van der Waals surface area (Å²) in [7, 11) is -2.11. The molecule has 0 spiro atoms. The van der Waals surface area contributed by atoms with Crippen molar-refractivity contribution >= 4 is 27.2 Å². The molecule has 0 aliphatic carbocycles. The van der Waals surface area contributed by atoms with Crippen LogP contribution in [0.25, 0.3) is 0 Å². The van der Waals surface area contributed by atoms with E-state index < -0.39 is 26.8 Å². The van der Waals surface area contributed by atoms with E-state index in [9.17, 15) is 18.0 Å². The van der Waals surface area contributed by atoms with Gasteiger partial charge in [0.05, 0.1) is 12.9 Å². The molecule has 1 atom stereocenters. The molecule has 0 saturated heterocycles. The van der Waals surface area contributed by atoms with Crippen LogP contribution in [0.5, 0.6) is 5.75 Å². The fourth-order valence-electron chi connectivity index (χ4n) is 1.81. The van der Waals surface area contributed by atoms with Crippen LogP contribution in [-0.2, 0) is 19.4 Å². The topological polar surface area (TPSA) is 89.5 Å². The van der Waals surface area contributed by atoms with Gasteiger partial charge in [0, 0.05) is 11.8 Å². The molecule has 1 aromatic carbocycles. The third-order valence-corrected chi connectivity index (χ3v) is 4.64. The summed E-state index contributed by atoms with van der Waals surface area (Å²) in [5.74, 6) is -1.64. The van der Waals surface area contributed by atoms with Crippen molar-refractivity contribution in [2.24, 2.45) is 0 Å². The molecule has 1 aliphatic rings. The van der Waals surface area contributed by atoms with Gasteiger partial charge in [-0.05, 0) is 12.1 Å². The highest BCUT2D eigenvalue weighted by Gasteiger charge is 2.36. The molecular weight excluding hydrogens is 282 g/mol. The van der Waals surface area contributed by atoms with Gasteiger partial charge in [0.1, 0.15) is 11.0 Å². The number of amides is 1. The third kappa shape index (κ3) is 2.88. The maximum atomic E-state index is 11.8. The first-order chi connectivity index (χ1) is 9.44. The summed E-state index contributed by atoms with van der Waals surface area (Å²) in [6.45, 7) is 0. The molecule has 0 bridgehead atoms. The van der Waals surface area contributed by atoms with Crippen LogP contribution in [0.3, 0.4) is 0 Å². The first-order valence-electron chi connectivity index (χ1n) is 5.81. The summed E-state index contributed by atoms with van der Waals surface area (Å²) in [6, 6.07) is 6.43. The first-order valence-corrected chi connectivity index (χ1v) is 7.53. The molecule has 1 N–H and O–H groups in total. The Bertz CT molecular complexity index is 678. The van der Waals surface area contributed by atoms with E-state index in [4.69, 9.17) is 4.74 Å². The Balaban J connectivity index is 2.12. The van der Waals surface area contributed by atoms with E-state index in [1.54, 1.807) is 18.2 Å². The largest absolute Gasteiger partial charge is 0.497 e. The van der Waals surface area contributed by atoms with Gasteiger partial charge in [0.15, 0.2) is 9.84 Å². The van der Waals surface area contributed by atoms with Gasteiger partial charge in [-0.15, -0.1) is 0 Å². The van der Waals surface area contributed by atoms with Crippen molar-refractivity contribution in [1.82, 2.24) is 0 Å². The minimum absolute atomic E-state index is 0.212. The van der Waals surface area contributed by atoms with Gasteiger partial charge in [0.2, 0.25) is 5.78 Å². The monoisotopic (exact) mass is 295 g/mol. The zero-order valence-corrected chi connectivity index (χ0v) is 11.5. The van der Waals surface area contributed by atoms with Crippen LogP contribution in [0.4, 0.5) is 5.69 Å². The normalized spacial score (nSPS) is 19.6. The van der Waals surface area contributed by atoms with E-state index in [0.29, 0.717) is 11.4 Å². The Morgan fingerprint density at radius 1 is 1.35 bits per heavy atom. The molecule has 1 heterocycles. The number of hydrogen-bond donors (Lipinski definition) is 1. The first kappa shape index (κ1) is 14.3. The number of ether oxygens (including phenoxy) is 1. The Morgan fingerprint density at radius 2 is 2.10 bits per heavy atom. The van der Waals surface area contributed by atoms with Gasteiger partial charge in [-0.25, -0.2) is 8.42 Å². The van der Waals surface area contributed by atoms with Crippen LogP contribution in [0.15, 0.2) is 36.4 Å². The minimum Gasteiger partial charge on any atom is -0.497 e. The van der Waals surface area contributed by atoms with Gasteiger partial charge in [-0.3, -0.25) is 9.59 Å². The van der Waals surface area contributed by atoms with Gasteiger partial charge >= 0.3 is 0 Å². The highest BCUT2D eigenvalue weighted by molar-refractivity contribution is 7.93. The van der Waals surface area contributed by atoms with Crippen molar-refractivity contribution in [2.75, 3.05) is 18.2 Å².